The molecule has 0 bridgehead atoms. The number of thiophene rings is 1. The Kier molecular flexibility index (Phi) is 6.43. The molecule has 164 valence electrons. The normalized spacial score (nSPS) is 22.5. The van der Waals surface area contributed by atoms with Gasteiger partial charge in [0.2, 0.25) is 0 Å². The first kappa shape index (κ1) is 21.3. The molecule has 0 aromatic carbocycles. The number of aryl methyl sites for hydroxylation is 2. The van der Waals surface area contributed by atoms with Crippen LogP contribution in [0.4, 0.5) is 10.6 Å². The van der Waals surface area contributed by atoms with E-state index in [1.807, 2.05) is 6.92 Å². The molecule has 2 aliphatic heterocycles. The quantitative estimate of drug-likeness (QED) is 0.804. The van der Waals surface area contributed by atoms with Crippen LogP contribution in [0.5, 0.6) is 0 Å². The van der Waals surface area contributed by atoms with Gasteiger partial charge in [-0.3, -0.25) is 0 Å². The average Bonchev–Trinajstić information content (AvgIpc) is 3.03. The van der Waals surface area contributed by atoms with Crippen LogP contribution in [0.2, 0.25) is 0 Å². The Morgan fingerprint density at radius 1 is 1.17 bits per heavy atom. The van der Waals surface area contributed by atoms with E-state index in [9.17, 15) is 4.79 Å². The zero-order chi connectivity index (χ0) is 21.3. The van der Waals surface area contributed by atoms with Gasteiger partial charge in [0.1, 0.15) is 17.2 Å². The topological polar surface area (TPSA) is 63.0 Å². The number of amides is 1. The zero-order valence-corrected chi connectivity index (χ0v) is 19.5. The molecule has 0 radical (unpaired) electrons. The third-order valence-corrected chi connectivity index (χ3v) is 7.65. The van der Waals surface area contributed by atoms with E-state index >= 15 is 0 Å². The number of hydrogen-bond acceptors (Lipinski definition) is 6. The molecule has 4 rings (SSSR count). The number of carbonyl (C=O) groups excluding carboxylic acids is 1. The fourth-order valence-electron chi connectivity index (χ4n) is 4.47. The molecule has 7 nitrogen and oxygen atoms in total. The summed E-state index contributed by atoms with van der Waals surface area (Å²) < 4.78 is 5.17. The van der Waals surface area contributed by atoms with Gasteiger partial charge < -0.3 is 19.4 Å². The lowest BCUT2D eigenvalue weighted by Gasteiger charge is -2.35. The Morgan fingerprint density at radius 3 is 2.53 bits per heavy atom. The highest BCUT2D eigenvalue weighted by atomic mass is 32.1. The van der Waals surface area contributed by atoms with Crippen LogP contribution in [-0.4, -0.2) is 66.8 Å². The van der Waals surface area contributed by atoms with Gasteiger partial charge in [0, 0.05) is 31.1 Å². The smallest absolute Gasteiger partial charge is 0.409 e. The molecule has 0 atom stereocenters. The number of hydrogen-bond donors (Lipinski definition) is 1. The zero-order valence-electron chi connectivity index (χ0n) is 18.7. The Balaban J connectivity index is 1.57. The highest BCUT2D eigenvalue weighted by Crippen LogP contribution is 2.35. The number of quaternary nitrogens is 1. The molecule has 0 saturated carbocycles. The van der Waals surface area contributed by atoms with Gasteiger partial charge in [0.25, 0.3) is 0 Å². The minimum Gasteiger partial charge on any atom is -0.450 e. The lowest BCUT2D eigenvalue weighted by Crippen LogP contribution is -3.11. The Bertz CT molecular complexity index is 899. The van der Waals surface area contributed by atoms with Crippen molar-refractivity contribution in [2.24, 2.45) is 5.92 Å². The van der Waals surface area contributed by atoms with E-state index in [1.165, 1.54) is 41.8 Å². The molecule has 2 saturated heterocycles. The first-order valence-corrected chi connectivity index (χ1v) is 12.0. The van der Waals surface area contributed by atoms with Crippen LogP contribution >= 0.6 is 11.3 Å². The van der Waals surface area contributed by atoms with Crippen molar-refractivity contribution in [2.45, 2.75) is 47.1 Å². The summed E-state index contributed by atoms with van der Waals surface area (Å²) in [6.07, 6.45) is 2.37. The van der Waals surface area contributed by atoms with E-state index in [1.54, 1.807) is 21.1 Å². The molecular weight excluding hydrogens is 398 g/mol. The first-order valence-electron chi connectivity index (χ1n) is 11.2. The fourth-order valence-corrected chi connectivity index (χ4v) is 5.51. The van der Waals surface area contributed by atoms with Gasteiger partial charge in [-0.25, -0.2) is 14.8 Å². The van der Waals surface area contributed by atoms with Crippen molar-refractivity contribution in [1.29, 1.82) is 0 Å². The van der Waals surface area contributed by atoms with Crippen molar-refractivity contribution in [2.75, 3.05) is 50.8 Å². The number of aromatic nitrogens is 2. The highest BCUT2D eigenvalue weighted by Gasteiger charge is 2.27. The Morgan fingerprint density at radius 2 is 1.87 bits per heavy atom. The van der Waals surface area contributed by atoms with Gasteiger partial charge >= 0.3 is 6.09 Å². The van der Waals surface area contributed by atoms with Crippen LogP contribution in [0.15, 0.2) is 0 Å². The van der Waals surface area contributed by atoms with Crippen molar-refractivity contribution in [1.82, 2.24) is 14.9 Å². The second-order valence-electron chi connectivity index (χ2n) is 8.71. The lowest BCUT2D eigenvalue weighted by atomic mass is 9.99. The summed E-state index contributed by atoms with van der Waals surface area (Å²) in [5, 5.41) is 1.19. The molecule has 2 aliphatic rings. The monoisotopic (exact) mass is 432 g/mol. The van der Waals surface area contributed by atoms with Crippen molar-refractivity contribution < 1.29 is 14.4 Å². The minimum absolute atomic E-state index is 0.212. The highest BCUT2D eigenvalue weighted by molar-refractivity contribution is 7.18. The summed E-state index contributed by atoms with van der Waals surface area (Å²) >= 11 is 1.77. The SMILES string of the molecule is CCOC(=O)N1CCN(c2nc(C[NH+]3CCC(C)CC3)nc3sc(C)c(C)c23)CC1. The summed E-state index contributed by atoms with van der Waals surface area (Å²) in [6.45, 7) is 15.1. The third kappa shape index (κ3) is 4.39. The number of rotatable bonds is 4. The van der Waals surface area contributed by atoms with Gasteiger partial charge in [-0.1, -0.05) is 6.92 Å². The number of nitrogens with one attached hydrogen (secondary N) is 1. The molecule has 2 fully saturated rings. The summed E-state index contributed by atoms with van der Waals surface area (Å²) in [5.74, 6) is 2.84. The van der Waals surface area contributed by atoms with Gasteiger partial charge in [-0.15, -0.1) is 11.3 Å². The van der Waals surface area contributed by atoms with Crippen molar-refractivity contribution in [3.8, 4) is 0 Å². The van der Waals surface area contributed by atoms with Crippen LogP contribution in [0, 0.1) is 19.8 Å². The predicted molar refractivity (Wildman–Crippen MR) is 120 cm³/mol. The molecule has 30 heavy (non-hydrogen) atoms. The van der Waals surface area contributed by atoms with Crippen LogP contribution in [0.25, 0.3) is 10.2 Å². The van der Waals surface area contributed by atoms with Gasteiger partial charge in [-0.2, -0.15) is 0 Å². The summed E-state index contributed by atoms with van der Waals surface area (Å²) in [7, 11) is 0. The van der Waals surface area contributed by atoms with Crippen molar-refractivity contribution in [3.05, 3.63) is 16.3 Å². The number of likely N-dealkylation sites (tertiary alicyclic amines) is 1. The van der Waals surface area contributed by atoms with Crippen molar-refractivity contribution >= 4 is 33.5 Å². The van der Waals surface area contributed by atoms with E-state index < -0.39 is 0 Å². The van der Waals surface area contributed by atoms with Crippen LogP contribution in [0.1, 0.15) is 43.0 Å². The second kappa shape index (κ2) is 9.06. The Labute approximate surface area is 183 Å². The number of piperazine rings is 1. The van der Waals surface area contributed by atoms with E-state index in [0.717, 1.165) is 42.0 Å². The molecule has 0 unspecified atom stereocenters. The molecule has 4 heterocycles. The van der Waals surface area contributed by atoms with E-state index in [2.05, 4.69) is 25.7 Å². The number of carbonyl (C=O) groups is 1. The van der Waals surface area contributed by atoms with E-state index in [0.29, 0.717) is 19.7 Å². The molecule has 8 heteroatoms. The maximum absolute atomic E-state index is 12.1. The lowest BCUT2D eigenvalue weighted by molar-refractivity contribution is -0.920. The Hall–Kier alpha value is -1.93. The van der Waals surface area contributed by atoms with E-state index in [-0.39, 0.29) is 6.09 Å². The number of nitrogens with zero attached hydrogens (tertiary/aromatic N) is 4. The standard InChI is InChI=1S/C22H33N5O2S/c1-5-29-22(28)27-12-10-26(11-13-27)20-19-16(3)17(4)30-21(19)24-18(23-20)14-25-8-6-15(2)7-9-25/h15H,5-14H2,1-4H3/p+1. The van der Waals surface area contributed by atoms with E-state index in [4.69, 9.17) is 14.7 Å². The minimum atomic E-state index is -0.212. The number of piperidine rings is 1. The maximum atomic E-state index is 12.1. The maximum Gasteiger partial charge on any atom is 0.409 e. The molecule has 2 aromatic rings. The number of ether oxygens (including phenoxy) is 1. The number of fused-ring (bicyclic) bond motifs is 1. The summed E-state index contributed by atoms with van der Waals surface area (Å²) in [6, 6.07) is 0. The van der Waals surface area contributed by atoms with Gasteiger partial charge in [0.05, 0.1) is 25.1 Å². The molecule has 1 amide bonds. The summed E-state index contributed by atoms with van der Waals surface area (Å²) in [4.78, 5) is 30.2. The molecule has 2 aromatic heterocycles. The molecule has 1 N–H and O–H groups in total. The summed E-state index contributed by atoms with van der Waals surface area (Å²) in [5.41, 5.74) is 1.28. The average molecular weight is 433 g/mol. The largest absolute Gasteiger partial charge is 0.450 e. The third-order valence-electron chi connectivity index (χ3n) is 6.55. The molecule has 0 spiro atoms. The van der Waals surface area contributed by atoms with Gasteiger partial charge in [-0.05, 0) is 45.1 Å². The second-order valence-corrected chi connectivity index (χ2v) is 9.91. The number of anilines is 1. The molecule has 0 aliphatic carbocycles. The predicted octanol–water partition coefficient (Wildman–Crippen LogP) is 2.40. The van der Waals surface area contributed by atoms with Crippen LogP contribution < -0.4 is 9.80 Å². The van der Waals surface area contributed by atoms with Crippen molar-refractivity contribution in [3.63, 3.8) is 0 Å². The van der Waals surface area contributed by atoms with Crippen LogP contribution in [-0.2, 0) is 11.3 Å². The van der Waals surface area contributed by atoms with Gasteiger partial charge in [0.15, 0.2) is 5.82 Å². The fraction of sp³-hybridized carbons (Fsp3) is 0.682. The first-order chi connectivity index (χ1) is 14.5. The van der Waals surface area contributed by atoms with Crippen LogP contribution in [0.3, 0.4) is 0 Å². The molecular formula is C22H34N5O2S+.